The molecule has 96 valence electrons. The molecule has 3 rings (SSSR count). The number of hydrogen-bond donors (Lipinski definition) is 1. The minimum absolute atomic E-state index is 0.682. The first kappa shape index (κ1) is 11.7. The van der Waals surface area contributed by atoms with E-state index in [1.54, 1.807) is 0 Å². The molecule has 1 aliphatic heterocycles. The Morgan fingerprint density at radius 3 is 3.06 bits per heavy atom. The average Bonchev–Trinajstić information content (AvgIpc) is 2.78. The number of aromatic amines is 1. The zero-order valence-electron chi connectivity index (χ0n) is 11.4. The van der Waals surface area contributed by atoms with Gasteiger partial charge in [-0.3, -0.25) is 10.00 Å². The predicted molar refractivity (Wildman–Crippen MR) is 74.5 cm³/mol. The fourth-order valence-electron chi connectivity index (χ4n) is 3.09. The van der Waals surface area contributed by atoms with Gasteiger partial charge in [0.15, 0.2) is 0 Å². The van der Waals surface area contributed by atoms with Crippen LogP contribution < -0.4 is 0 Å². The van der Waals surface area contributed by atoms with Crippen molar-refractivity contribution in [2.75, 3.05) is 7.05 Å². The molecule has 3 heteroatoms. The second-order valence-corrected chi connectivity index (χ2v) is 5.94. The van der Waals surface area contributed by atoms with Gasteiger partial charge >= 0.3 is 0 Å². The van der Waals surface area contributed by atoms with Gasteiger partial charge < -0.3 is 0 Å². The molecule has 0 saturated carbocycles. The zero-order valence-corrected chi connectivity index (χ0v) is 11.4. The van der Waals surface area contributed by atoms with Crippen molar-refractivity contribution in [3.8, 4) is 0 Å². The van der Waals surface area contributed by atoms with Gasteiger partial charge in [-0.25, -0.2) is 0 Å². The number of H-pyrrole nitrogens is 1. The van der Waals surface area contributed by atoms with Crippen LogP contribution in [0.2, 0.25) is 0 Å². The quantitative estimate of drug-likeness (QED) is 0.879. The maximum absolute atomic E-state index is 4.16. The van der Waals surface area contributed by atoms with Gasteiger partial charge in [0.05, 0.1) is 11.7 Å². The summed E-state index contributed by atoms with van der Waals surface area (Å²) >= 11 is 0. The van der Waals surface area contributed by atoms with Gasteiger partial charge in [0.25, 0.3) is 0 Å². The Balaban J connectivity index is 1.97. The number of aromatic nitrogens is 2. The fraction of sp³-hybridized carbons (Fsp3) is 0.533. The van der Waals surface area contributed by atoms with E-state index >= 15 is 0 Å². The van der Waals surface area contributed by atoms with E-state index in [2.05, 4.69) is 48.1 Å². The van der Waals surface area contributed by atoms with Crippen molar-refractivity contribution in [2.24, 2.45) is 5.92 Å². The molecule has 1 atom stereocenters. The minimum atomic E-state index is 0.682. The van der Waals surface area contributed by atoms with Crippen LogP contribution in [0, 0.1) is 5.92 Å². The monoisotopic (exact) mass is 243 g/mol. The molecular formula is C15H21N3. The highest BCUT2D eigenvalue weighted by molar-refractivity contribution is 5.83. The van der Waals surface area contributed by atoms with Gasteiger partial charge in [0.2, 0.25) is 0 Å². The molecule has 0 spiro atoms. The van der Waals surface area contributed by atoms with Crippen LogP contribution in [-0.4, -0.2) is 28.2 Å². The van der Waals surface area contributed by atoms with Crippen LogP contribution in [0.4, 0.5) is 0 Å². The number of nitrogens with zero attached hydrogens (tertiary/aromatic N) is 2. The second-order valence-electron chi connectivity index (χ2n) is 5.94. The van der Waals surface area contributed by atoms with Gasteiger partial charge in [-0.2, -0.15) is 5.10 Å². The SMILES string of the molecule is CC(C)CC1Cc2ccc3[nH]ncc3c2CN1C. The Labute approximate surface area is 108 Å². The third kappa shape index (κ3) is 1.93. The number of likely N-dealkylation sites (N-methyl/N-ethyl adjacent to an activating group) is 1. The topological polar surface area (TPSA) is 31.9 Å². The van der Waals surface area contributed by atoms with Crippen LogP contribution in [0.1, 0.15) is 31.4 Å². The number of rotatable bonds is 2. The molecule has 1 aromatic heterocycles. The summed E-state index contributed by atoms with van der Waals surface area (Å²) in [5.74, 6) is 0.761. The average molecular weight is 243 g/mol. The van der Waals surface area contributed by atoms with E-state index in [-0.39, 0.29) is 0 Å². The van der Waals surface area contributed by atoms with Gasteiger partial charge in [-0.15, -0.1) is 0 Å². The minimum Gasteiger partial charge on any atom is -0.299 e. The molecule has 1 aromatic carbocycles. The number of benzene rings is 1. The van der Waals surface area contributed by atoms with Crippen molar-refractivity contribution in [2.45, 2.75) is 39.3 Å². The molecule has 3 nitrogen and oxygen atoms in total. The van der Waals surface area contributed by atoms with Crippen LogP contribution >= 0.6 is 0 Å². The molecule has 0 aliphatic carbocycles. The van der Waals surface area contributed by atoms with E-state index in [9.17, 15) is 0 Å². The number of nitrogens with one attached hydrogen (secondary N) is 1. The Hall–Kier alpha value is -1.35. The molecule has 2 heterocycles. The molecule has 0 amide bonds. The summed E-state index contributed by atoms with van der Waals surface area (Å²) in [7, 11) is 2.24. The van der Waals surface area contributed by atoms with Crippen LogP contribution in [0.25, 0.3) is 10.9 Å². The first-order chi connectivity index (χ1) is 8.65. The van der Waals surface area contributed by atoms with Gasteiger partial charge in [0, 0.05) is 18.0 Å². The standard InChI is InChI=1S/C15H21N3/c1-10(2)6-12-7-11-4-5-15-13(8-16-17-15)14(11)9-18(12)3/h4-5,8,10,12H,6-7,9H2,1-3H3,(H,16,17). The summed E-state index contributed by atoms with van der Waals surface area (Å²) in [5, 5.41) is 8.51. The molecule has 0 radical (unpaired) electrons. The van der Waals surface area contributed by atoms with Gasteiger partial charge in [-0.05, 0) is 43.0 Å². The Morgan fingerprint density at radius 1 is 1.44 bits per heavy atom. The Morgan fingerprint density at radius 2 is 2.28 bits per heavy atom. The summed E-state index contributed by atoms with van der Waals surface area (Å²) < 4.78 is 0. The summed E-state index contributed by atoms with van der Waals surface area (Å²) in [5.41, 5.74) is 4.13. The first-order valence-corrected chi connectivity index (χ1v) is 6.79. The van der Waals surface area contributed by atoms with Crippen LogP contribution in [-0.2, 0) is 13.0 Å². The van der Waals surface area contributed by atoms with E-state index in [1.807, 2.05) is 6.20 Å². The second kappa shape index (κ2) is 4.39. The third-order valence-electron chi connectivity index (χ3n) is 4.06. The summed E-state index contributed by atoms with van der Waals surface area (Å²) in [4.78, 5) is 2.49. The van der Waals surface area contributed by atoms with Crippen molar-refractivity contribution in [1.82, 2.24) is 15.1 Å². The van der Waals surface area contributed by atoms with Gasteiger partial charge in [-0.1, -0.05) is 19.9 Å². The zero-order chi connectivity index (χ0) is 12.7. The summed E-state index contributed by atoms with van der Waals surface area (Å²) in [6.45, 7) is 5.66. The number of hydrogen-bond acceptors (Lipinski definition) is 2. The Bertz CT molecular complexity index is 556. The Kier molecular flexibility index (Phi) is 2.86. The van der Waals surface area contributed by atoms with Crippen molar-refractivity contribution in [3.63, 3.8) is 0 Å². The summed E-state index contributed by atoms with van der Waals surface area (Å²) in [6.07, 6.45) is 4.41. The molecular weight excluding hydrogens is 222 g/mol. The summed E-state index contributed by atoms with van der Waals surface area (Å²) in [6, 6.07) is 5.12. The third-order valence-corrected chi connectivity index (χ3v) is 4.06. The molecule has 2 aromatic rings. The normalized spacial score (nSPS) is 20.6. The molecule has 0 fully saturated rings. The first-order valence-electron chi connectivity index (χ1n) is 6.79. The maximum Gasteiger partial charge on any atom is 0.0653 e. The van der Waals surface area contributed by atoms with E-state index < -0.39 is 0 Å². The highest BCUT2D eigenvalue weighted by atomic mass is 15.1. The lowest BCUT2D eigenvalue weighted by Gasteiger charge is -2.35. The highest BCUT2D eigenvalue weighted by Gasteiger charge is 2.25. The van der Waals surface area contributed by atoms with E-state index in [1.165, 1.54) is 29.4 Å². The van der Waals surface area contributed by atoms with Crippen molar-refractivity contribution < 1.29 is 0 Å². The predicted octanol–water partition coefficient (Wildman–Crippen LogP) is 2.97. The molecule has 1 unspecified atom stereocenters. The van der Waals surface area contributed by atoms with Gasteiger partial charge in [0.1, 0.15) is 0 Å². The van der Waals surface area contributed by atoms with Crippen molar-refractivity contribution in [1.29, 1.82) is 0 Å². The largest absolute Gasteiger partial charge is 0.299 e. The lowest BCUT2D eigenvalue weighted by Crippen LogP contribution is -2.38. The lowest BCUT2D eigenvalue weighted by molar-refractivity contribution is 0.190. The van der Waals surface area contributed by atoms with Crippen molar-refractivity contribution >= 4 is 10.9 Å². The fourth-order valence-corrected chi connectivity index (χ4v) is 3.09. The molecule has 0 bridgehead atoms. The van der Waals surface area contributed by atoms with E-state index in [4.69, 9.17) is 0 Å². The molecule has 1 aliphatic rings. The van der Waals surface area contributed by atoms with Crippen LogP contribution in [0.15, 0.2) is 18.3 Å². The van der Waals surface area contributed by atoms with E-state index in [0.717, 1.165) is 18.0 Å². The smallest absolute Gasteiger partial charge is 0.0653 e. The molecule has 1 N–H and O–H groups in total. The molecule has 0 saturated heterocycles. The molecule has 18 heavy (non-hydrogen) atoms. The highest BCUT2D eigenvalue weighted by Crippen LogP contribution is 2.30. The van der Waals surface area contributed by atoms with Crippen molar-refractivity contribution in [3.05, 3.63) is 29.5 Å². The lowest BCUT2D eigenvalue weighted by atomic mass is 9.88. The van der Waals surface area contributed by atoms with Crippen LogP contribution in [0.3, 0.4) is 0 Å². The maximum atomic E-state index is 4.16. The number of fused-ring (bicyclic) bond motifs is 3. The van der Waals surface area contributed by atoms with Crippen LogP contribution in [0.5, 0.6) is 0 Å². The van der Waals surface area contributed by atoms with E-state index in [0.29, 0.717) is 6.04 Å².